The van der Waals surface area contributed by atoms with Gasteiger partial charge in [0.15, 0.2) is 18.2 Å². The highest BCUT2D eigenvalue weighted by Gasteiger charge is 2.61. The second-order valence-corrected chi connectivity index (χ2v) is 12.9. The summed E-state index contributed by atoms with van der Waals surface area (Å²) in [6, 6.07) is 0. The van der Waals surface area contributed by atoms with Gasteiger partial charge in [-0.2, -0.15) is 0 Å². The number of fused-ring (bicyclic) bond motifs is 5. The first-order valence-corrected chi connectivity index (χ1v) is 14.1. The van der Waals surface area contributed by atoms with E-state index in [9.17, 15) is 30.0 Å². The molecule has 0 unspecified atom stereocenters. The van der Waals surface area contributed by atoms with Crippen molar-refractivity contribution in [3.63, 3.8) is 0 Å². The molecule has 9 nitrogen and oxygen atoms in total. The van der Waals surface area contributed by atoms with Gasteiger partial charge in [-0.05, 0) is 92.3 Å². The van der Waals surface area contributed by atoms with Gasteiger partial charge in [-0.15, -0.1) is 0 Å². The smallest absolute Gasteiger partial charge is 0.337 e. The van der Waals surface area contributed by atoms with Crippen molar-refractivity contribution in [1.82, 2.24) is 0 Å². The summed E-state index contributed by atoms with van der Waals surface area (Å²) in [4.78, 5) is 24.5. The summed E-state index contributed by atoms with van der Waals surface area (Å²) in [6.07, 6.45) is 1.50. The lowest BCUT2D eigenvalue weighted by Gasteiger charge is -2.61. The Morgan fingerprint density at radius 1 is 0.892 bits per heavy atom. The third-order valence-corrected chi connectivity index (χ3v) is 11.5. The molecular weight excluding hydrogens is 480 g/mol. The molecule has 0 radical (unpaired) electrons. The maximum absolute atomic E-state index is 12.5. The average molecular weight is 525 g/mol. The van der Waals surface area contributed by atoms with Crippen LogP contribution in [0.2, 0.25) is 0 Å². The van der Waals surface area contributed by atoms with Gasteiger partial charge in [0, 0.05) is 5.92 Å². The minimum atomic E-state index is -1.59. The molecule has 0 bridgehead atoms. The standard InChI is InChI=1S/C28H44O9/c1-27-10-8-15(36-26-23(33)21(31)22(32)24(37-26)25(34)35-3)12-14(27)4-5-16-17-6-7-19(20(30)13-29)28(17,2)11-9-18(16)27/h14-19,21-24,26,29,31-33H,4-13H2,1-3H3/t14-,15-,16+,17+,18+,19-,21+,22+,23-,24-,26-,27+,28+/m1/s1. The molecule has 1 heterocycles. The summed E-state index contributed by atoms with van der Waals surface area (Å²) in [5.74, 6) is 1.39. The number of hydrogen-bond donors (Lipinski definition) is 4. The molecule has 4 saturated carbocycles. The molecule has 4 aliphatic carbocycles. The second kappa shape index (κ2) is 10.1. The Morgan fingerprint density at radius 2 is 1.59 bits per heavy atom. The summed E-state index contributed by atoms with van der Waals surface area (Å²) in [5, 5.41) is 40.5. The van der Waals surface area contributed by atoms with Crippen LogP contribution in [0.4, 0.5) is 0 Å². The molecule has 0 aromatic carbocycles. The van der Waals surface area contributed by atoms with Crippen LogP contribution in [0.15, 0.2) is 0 Å². The van der Waals surface area contributed by atoms with E-state index in [1.807, 2.05) is 0 Å². The number of rotatable bonds is 5. The molecule has 9 heteroatoms. The fraction of sp³-hybridized carbons (Fsp3) is 0.929. The van der Waals surface area contributed by atoms with E-state index in [1.165, 1.54) is 7.11 Å². The number of esters is 1. The largest absolute Gasteiger partial charge is 0.467 e. The first-order chi connectivity index (χ1) is 17.5. The molecule has 5 aliphatic rings. The predicted octanol–water partition coefficient (Wildman–Crippen LogP) is 1.57. The summed E-state index contributed by atoms with van der Waals surface area (Å²) in [5.41, 5.74) is 0.181. The Labute approximate surface area is 218 Å². The van der Waals surface area contributed by atoms with Crippen molar-refractivity contribution in [3.8, 4) is 0 Å². The van der Waals surface area contributed by atoms with E-state index in [4.69, 9.17) is 9.47 Å². The molecule has 0 spiro atoms. The number of ether oxygens (including phenoxy) is 3. The van der Waals surface area contributed by atoms with Gasteiger partial charge in [-0.25, -0.2) is 4.79 Å². The van der Waals surface area contributed by atoms with E-state index in [0.717, 1.165) is 57.8 Å². The zero-order valence-electron chi connectivity index (χ0n) is 22.3. The molecule has 13 atom stereocenters. The van der Waals surface area contributed by atoms with Crippen LogP contribution in [0.25, 0.3) is 0 Å². The van der Waals surface area contributed by atoms with E-state index >= 15 is 0 Å². The zero-order chi connectivity index (χ0) is 26.7. The molecule has 4 N–H and O–H groups in total. The van der Waals surface area contributed by atoms with Crippen molar-refractivity contribution >= 4 is 11.8 Å². The van der Waals surface area contributed by atoms with Crippen LogP contribution in [0.5, 0.6) is 0 Å². The number of hydrogen-bond acceptors (Lipinski definition) is 9. The Hall–Kier alpha value is -1.10. The van der Waals surface area contributed by atoms with Crippen molar-refractivity contribution in [2.24, 2.45) is 40.4 Å². The van der Waals surface area contributed by atoms with Crippen molar-refractivity contribution < 1.29 is 44.2 Å². The minimum Gasteiger partial charge on any atom is -0.467 e. The number of carbonyl (C=O) groups is 2. The van der Waals surface area contributed by atoms with E-state index < -0.39 is 36.7 Å². The molecule has 5 fully saturated rings. The highest BCUT2D eigenvalue weighted by molar-refractivity contribution is 5.83. The minimum absolute atomic E-state index is 0.000525. The van der Waals surface area contributed by atoms with Gasteiger partial charge < -0.3 is 34.6 Å². The first-order valence-electron chi connectivity index (χ1n) is 14.1. The topological polar surface area (TPSA) is 143 Å². The predicted molar refractivity (Wildman–Crippen MR) is 131 cm³/mol. The molecular formula is C28H44O9. The van der Waals surface area contributed by atoms with E-state index in [-0.39, 0.29) is 35.2 Å². The lowest BCUT2D eigenvalue weighted by atomic mass is 9.44. The Morgan fingerprint density at radius 3 is 2.30 bits per heavy atom. The highest BCUT2D eigenvalue weighted by Crippen LogP contribution is 2.67. The van der Waals surface area contributed by atoms with Crippen LogP contribution in [0, 0.1) is 40.4 Å². The fourth-order valence-corrected chi connectivity index (χ4v) is 9.44. The van der Waals surface area contributed by atoms with E-state index in [0.29, 0.717) is 23.7 Å². The van der Waals surface area contributed by atoms with Gasteiger partial charge in [-0.1, -0.05) is 13.8 Å². The molecule has 37 heavy (non-hydrogen) atoms. The van der Waals surface area contributed by atoms with E-state index in [2.05, 4.69) is 18.6 Å². The number of aliphatic hydroxyl groups is 4. The summed E-state index contributed by atoms with van der Waals surface area (Å²) < 4.78 is 16.4. The summed E-state index contributed by atoms with van der Waals surface area (Å²) in [6.45, 7) is 4.37. The Balaban J connectivity index is 1.25. The molecule has 1 aliphatic heterocycles. The van der Waals surface area contributed by atoms with E-state index in [1.54, 1.807) is 0 Å². The van der Waals surface area contributed by atoms with Gasteiger partial charge in [0.1, 0.15) is 24.9 Å². The molecule has 0 amide bonds. The lowest BCUT2D eigenvalue weighted by molar-refractivity contribution is -0.310. The molecule has 5 rings (SSSR count). The van der Waals surface area contributed by atoms with Crippen molar-refractivity contribution in [3.05, 3.63) is 0 Å². The van der Waals surface area contributed by atoms with Crippen LogP contribution in [-0.4, -0.2) is 82.7 Å². The Kier molecular flexibility index (Phi) is 7.53. The molecule has 210 valence electrons. The van der Waals surface area contributed by atoms with Gasteiger partial charge in [0.25, 0.3) is 0 Å². The maximum atomic E-state index is 12.5. The number of ketones is 1. The number of methoxy groups -OCH3 is 1. The molecule has 0 aromatic rings. The van der Waals surface area contributed by atoms with Crippen LogP contribution in [0.3, 0.4) is 0 Å². The number of carbonyl (C=O) groups excluding carboxylic acids is 2. The van der Waals surface area contributed by atoms with Crippen LogP contribution >= 0.6 is 0 Å². The summed E-state index contributed by atoms with van der Waals surface area (Å²) >= 11 is 0. The third kappa shape index (κ3) is 4.38. The fourth-order valence-electron chi connectivity index (χ4n) is 9.44. The van der Waals surface area contributed by atoms with Gasteiger partial charge >= 0.3 is 5.97 Å². The normalized spacial score (nSPS) is 51.5. The maximum Gasteiger partial charge on any atom is 0.337 e. The monoisotopic (exact) mass is 524 g/mol. The van der Waals surface area contributed by atoms with Crippen LogP contribution in [0.1, 0.15) is 71.6 Å². The van der Waals surface area contributed by atoms with Crippen molar-refractivity contribution in [1.29, 1.82) is 0 Å². The number of Topliss-reactive ketones (excluding diaryl/α,β-unsaturated/α-hetero) is 1. The van der Waals surface area contributed by atoms with Gasteiger partial charge in [-0.3, -0.25) is 4.79 Å². The summed E-state index contributed by atoms with van der Waals surface area (Å²) in [7, 11) is 1.17. The third-order valence-electron chi connectivity index (χ3n) is 11.5. The van der Waals surface area contributed by atoms with Crippen molar-refractivity contribution in [2.75, 3.05) is 13.7 Å². The zero-order valence-corrected chi connectivity index (χ0v) is 22.3. The Bertz CT molecular complexity index is 880. The lowest BCUT2D eigenvalue weighted by Crippen LogP contribution is -2.61. The highest BCUT2D eigenvalue weighted by atomic mass is 16.7. The average Bonchev–Trinajstić information content (AvgIpc) is 3.25. The van der Waals surface area contributed by atoms with Gasteiger partial charge in [0.05, 0.1) is 13.2 Å². The second-order valence-electron chi connectivity index (χ2n) is 12.9. The van der Waals surface area contributed by atoms with Gasteiger partial charge in [0.2, 0.25) is 0 Å². The quantitative estimate of drug-likeness (QED) is 0.311. The SMILES string of the molecule is COC(=O)[C@@H]1O[C@@H](O[C@@H]2CC[C@@]3(C)[C@H](CC[C@@H]4[C@@H]3CC[C@]3(C)[C@@H](C(=O)CO)CC[C@@H]43)C2)[C@H](O)[C@@H](O)[C@@H]1O. The molecule has 0 aromatic heterocycles. The van der Waals surface area contributed by atoms with Crippen LogP contribution in [-0.2, 0) is 23.8 Å². The molecule has 1 saturated heterocycles. The van der Waals surface area contributed by atoms with Crippen molar-refractivity contribution in [2.45, 2.75) is 108 Å². The van der Waals surface area contributed by atoms with Crippen LogP contribution < -0.4 is 0 Å². The number of aliphatic hydroxyl groups excluding tert-OH is 4. The first kappa shape index (κ1) is 27.5.